The second kappa shape index (κ2) is 15.0. The highest BCUT2D eigenvalue weighted by Crippen LogP contribution is 2.44. The first-order valence-corrected chi connectivity index (χ1v) is 13.7. The van der Waals surface area contributed by atoms with Gasteiger partial charge in [-0.05, 0) is 35.1 Å². The topological polar surface area (TPSA) is 185 Å². The lowest BCUT2D eigenvalue weighted by Crippen LogP contribution is -2.49. The lowest BCUT2D eigenvalue weighted by atomic mass is 9.98. The van der Waals surface area contributed by atoms with Crippen LogP contribution in [0.3, 0.4) is 0 Å². The molecule has 0 spiro atoms. The highest BCUT2D eigenvalue weighted by Gasteiger charge is 2.31. The van der Waals surface area contributed by atoms with Crippen LogP contribution in [-0.4, -0.2) is 54.7 Å². The number of hydrogen-bond acceptors (Lipinski definition) is 8. The molecule has 1 aliphatic rings. The fourth-order valence-electron chi connectivity index (χ4n) is 4.81. The van der Waals surface area contributed by atoms with E-state index < -0.39 is 76.4 Å². The SMILES string of the molecule is N=C(NCCC[C@H](NC(=O)OCC1c2ccccc2-c2ccccc21)C(=O)NCC(=O)Oc1c(F)c(F)c(F)c(F)c1F)N[N+](=O)[O-]. The second-order valence-electron chi connectivity index (χ2n) is 9.93. The summed E-state index contributed by atoms with van der Waals surface area (Å²) >= 11 is 0. The molecule has 2 amide bonds. The number of benzene rings is 3. The highest BCUT2D eigenvalue weighted by atomic mass is 19.2. The number of nitrogens with one attached hydrogen (secondary N) is 5. The van der Waals surface area contributed by atoms with E-state index >= 15 is 0 Å². The van der Waals surface area contributed by atoms with E-state index in [2.05, 4.69) is 15.4 Å². The van der Waals surface area contributed by atoms with Crippen LogP contribution in [0, 0.1) is 44.6 Å². The second-order valence-corrected chi connectivity index (χ2v) is 9.93. The lowest BCUT2D eigenvalue weighted by Gasteiger charge is -2.20. The normalized spacial score (nSPS) is 12.3. The van der Waals surface area contributed by atoms with Gasteiger partial charge in [0.15, 0.2) is 5.03 Å². The molecule has 0 heterocycles. The Morgan fingerprint density at radius 1 is 0.872 bits per heavy atom. The molecule has 5 N–H and O–H groups in total. The van der Waals surface area contributed by atoms with Crippen LogP contribution in [0.2, 0.25) is 0 Å². The minimum atomic E-state index is -2.46. The maximum Gasteiger partial charge on any atom is 0.407 e. The number of esters is 1. The molecule has 3 aromatic rings. The van der Waals surface area contributed by atoms with E-state index in [9.17, 15) is 46.5 Å². The predicted molar refractivity (Wildman–Crippen MR) is 152 cm³/mol. The van der Waals surface area contributed by atoms with Crippen LogP contribution in [0.25, 0.3) is 11.1 Å². The summed E-state index contributed by atoms with van der Waals surface area (Å²) in [4.78, 5) is 48.3. The maximum atomic E-state index is 13.9. The van der Waals surface area contributed by atoms with Crippen molar-refractivity contribution in [2.45, 2.75) is 24.8 Å². The number of halogens is 5. The molecule has 0 radical (unpaired) electrons. The van der Waals surface area contributed by atoms with Crippen molar-refractivity contribution in [2.24, 2.45) is 0 Å². The zero-order valence-electron chi connectivity index (χ0n) is 24.0. The van der Waals surface area contributed by atoms with Crippen molar-refractivity contribution >= 4 is 23.9 Å². The number of carbonyl (C=O) groups excluding carboxylic acids is 3. The largest absolute Gasteiger partial charge is 0.449 e. The minimum Gasteiger partial charge on any atom is -0.449 e. The number of nitrogens with zero attached hydrogens (tertiary/aromatic N) is 1. The van der Waals surface area contributed by atoms with Gasteiger partial charge < -0.3 is 25.4 Å². The molecule has 18 heteroatoms. The average molecular weight is 665 g/mol. The van der Waals surface area contributed by atoms with Crippen molar-refractivity contribution in [3.8, 4) is 16.9 Å². The molecule has 47 heavy (non-hydrogen) atoms. The molecule has 0 aromatic heterocycles. The molecular weight excluding hydrogens is 639 g/mol. The van der Waals surface area contributed by atoms with Gasteiger partial charge in [0.25, 0.3) is 5.96 Å². The van der Waals surface area contributed by atoms with E-state index in [0.717, 1.165) is 22.3 Å². The van der Waals surface area contributed by atoms with Gasteiger partial charge in [-0.25, -0.2) is 32.9 Å². The Kier molecular flexibility index (Phi) is 10.9. The summed E-state index contributed by atoms with van der Waals surface area (Å²) < 4.78 is 77.6. The lowest BCUT2D eigenvalue weighted by molar-refractivity contribution is -0.525. The van der Waals surface area contributed by atoms with Gasteiger partial charge in [0.2, 0.25) is 40.7 Å². The van der Waals surface area contributed by atoms with Crippen LogP contribution in [-0.2, 0) is 14.3 Å². The number of nitro groups is 1. The van der Waals surface area contributed by atoms with E-state index in [1.165, 1.54) is 0 Å². The third-order valence-electron chi connectivity index (χ3n) is 6.92. The molecule has 0 saturated heterocycles. The Labute approximate surface area is 262 Å². The molecule has 1 aliphatic carbocycles. The van der Waals surface area contributed by atoms with Crippen molar-refractivity contribution in [3.63, 3.8) is 0 Å². The van der Waals surface area contributed by atoms with Gasteiger partial charge in [0.1, 0.15) is 19.2 Å². The van der Waals surface area contributed by atoms with Crippen LogP contribution in [0.1, 0.15) is 29.9 Å². The quantitative estimate of drug-likeness (QED) is 0.0185. The molecule has 1 atom stereocenters. The number of alkyl carbamates (subject to hydrolysis) is 1. The minimum absolute atomic E-state index is 0.0263. The Bertz CT molecular complexity index is 1650. The Morgan fingerprint density at radius 3 is 2.00 bits per heavy atom. The summed E-state index contributed by atoms with van der Waals surface area (Å²) in [7, 11) is 0. The van der Waals surface area contributed by atoms with Crippen LogP contribution < -0.4 is 26.1 Å². The number of guanidine groups is 1. The monoisotopic (exact) mass is 664 g/mol. The molecule has 0 saturated carbocycles. The highest BCUT2D eigenvalue weighted by molar-refractivity contribution is 5.88. The van der Waals surface area contributed by atoms with E-state index in [1.54, 1.807) is 5.43 Å². The number of rotatable bonds is 12. The fourth-order valence-corrected chi connectivity index (χ4v) is 4.81. The average Bonchev–Trinajstić information content (AvgIpc) is 3.37. The van der Waals surface area contributed by atoms with E-state index in [1.807, 2.05) is 53.8 Å². The molecule has 0 bridgehead atoms. The number of amides is 2. The van der Waals surface area contributed by atoms with Crippen molar-refractivity contribution in [3.05, 3.63) is 98.9 Å². The van der Waals surface area contributed by atoms with E-state index in [0.29, 0.717) is 0 Å². The van der Waals surface area contributed by atoms with Gasteiger partial charge in [0.05, 0.1) is 0 Å². The molecule has 0 aliphatic heterocycles. The molecule has 0 fully saturated rings. The van der Waals surface area contributed by atoms with Crippen LogP contribution >= 0.6 is 0 Å². The van der Waals surface area contributed by atoms with E-state index in [-0.39, 0.29) is 31.9 Å². The molecule has 4 rings (SSSR count). The third kappa shape index (κ3) is 8.08. The van der Waals surface area contributed by atoms with Gasteiger partial charge >= 0.3 is 12.1 Å². The van der Waals surface area contributed by atoms with Crippen LogP contribution in [0.5, 0.6) is 5.75 Å². The van der Waals surface area contributed by atoms with Gasteiger partial charge in [-0.3, -0.25) is 10.2 Å². The number of hydrogen-bond donors (Lipinski definition) is 5. The van der Waals surface area contributed by atoms with Gasteiger partial charge in [-0.15, -0.1) is 0 Å². The molecule has 248 valence electrons. The van der Waals surface area contributed by atoms with Crippen molar-refractivity contribution in [2.75, 3.05) is 19.7 Å². The summed E-state index contributed by atoms with van der Waals surface area (Å²) in [5, 5.41) is 23.6. The number of ether oxygens (including phenoxy) is 2. The summed E-state index contributed by atoms with van der Waals surface area (Å²) in [5.41, 5.74) is 5.34. The first kappa shape index (κ1) is 34.1. The van der Waals surface area contributed by atoms with Crippen LogP contribution in [0.15, 0.2) is 48.5 Å². The predicted octanol–water partition coefficient (Wildman–Crippen LogP) is 3.40. The molecule has 3 aromatic carbocycles. The van der Waals surface area contributed by atoms with Crippen LogP contribution in [0.4, 0.5) is 26.7 Å². The summed E-state index contributed by atoms with van der Waals surface area (Å²) in [6, 6.07) is 13.6. The zero-order valence-corrected chi connectivity index (χ0v) is 24.0. The summed E-state index contributed by atoms with van der Waals surface area (Å²) in [6.45, 7) is -1.32. The Morgan fingerprint density at radius 2 is 1.43 bits per heavy atom. The van der Waals surface area contributed by atoms with Crippen molar-refractivity contribution < 1.29 is 50.8 Å². The van der Waals surface area contributed by atoms with Gasteiger partial charge in [-0.1, -0.05) is 54.0 Å². The van der Waals surface area contributed by atoms with Gasteiger partial charge in [-0.2, -0.15) is 8.78 Å². The fraction of sp³-hybridized carbons (Fsp3) is 0.241. The maximum absolute atomic E-state index is 13.9. The first-order valence-electron chi connectivity index (χ1n) is 13.7. The summed E-state index contributed by atoms with van der Waals surface area (Å²) in [6.07, 6.45) is -1.19. The van der Waals surface area contributed by atoms with Crippen molar-refractivity contribution in [1.29, 1.82) is 5.41 Å². The number of carbonyl (C=O) groups is 3. The molecule has 0 unspecified atom stereocenters. The summed E-state index contributed by atoms with van der Waals surface area (Å²) in [5.74, 6) is -17.5. The molecule has 13 nitrogen and oxygen atoms in total. The zero-order chi connectivity index (χ0) is 34.2. The number of hydrazine groups is 1. The smallest absolute Gasteiger partial charge is 0.407 e. The third-order valence-corrected chi connectivity index (χ3v) is 6.92. The van der Waals surface area contributed by atoms with E-state index in [4.69, 9.17) is 10.1 Å². The standard InChI is InChI=1S/C29H25F5N6O7/c30-21-22(31)24(33)26(25(34)23(21)32)47-20(41)12-37-27(42)19(10-5-11-36-28(35)39-40(44)45)38-29(43)46-13-18-16-8-3-1-6-14(16)15-7-2-4-9-17(15)18/h1-4,6-9,18-19H,5,10-13H2,(H,37,42)(H,38,43)(H3,35,36,39)/t19-/m0/s1. The molecular formula is C29H25F5N6O7. The Balaban J connectivity index is 1.39. The van der Waals surface area contributed by atoms with Crippen molar-refractivity contribution in [1.82, 2.24) is 21.4 Å². The van der Waals surface area contributed by atoms with Gasteiger partial charge in [0, 0.05) is 12.5 Å². The Hall–Kier alpha value is -5.81. The number of fused-ring (bicyclic) bond motifs is 3. The first-order chi connectivity index (χ1) is 22.4.